The molecule has 0 amide bonds. The fourth-order valence-electron chi connectivity index (χ4n) is 0.741. The van der Waals surface area contributed by atoms with Crippen LogP contribution in [0.2, 0.25) is 0 Å². The van der Waals surface area contributed by atoms with Crippen molar-refractivity contribution in [2.75, 3.05) is 12.8 Å². The summed E-state index contributed by atoms with van der Waals surface area (Å²) in [7, 11) is -3.27. The Balaban J connectivity index is 4.36. The van der Waals surface area contributed by atoms with Gasteiger partial charge in [-0.25, -0.2) is 12.7 Å². The van der Waals surface area contributed by atoms with Gasteiger partial charge in [0.25, 0.3) is 0 Å². The molecule has 0 atom stereocenters. The molecule has 0 aliphatic rings. The summed E-state index contributed by atoms with van der Waals surface area (Å²) < 4.78 is 23.1. The lowest BCUT2D eigenvalue weighted by Crippen LogP contribution is -2.40. The molecule has 0 rings (SSSR count). The SMILES string of the molecule is CCCCN(C(N)=S)S(C)(=O)=O. The highest BCUT2D eigenvalue weighted by molar-refractivity contribution is 7.90. The molecule has 0 fully saturated rings. The Morgan fingerprint density at radius 3 is 2.33 bits per heavy atom. The van der Waals surface area contributed by atoms with Crippen LogP contribution in [0.4, 0.5) is 0 Å². The molecule has 0 radical (unpaired) electrons. The van der Waals surface area contributed by atoms with E-state index in [1.807, 2.05) is 6.92 Å². The van der Waals surface area contributed by atoms with Gasteiger partial charge in [0.1, 0.15) is 0 Å². The van der Waals surface area contributed by atoms with E-state index < -0.39 is 10.0 Å². The van der Waals surface area contributed by atoms with Crippen LogP contribution in [-0.2, 0) is 10.0 Å². The lowest BCUT2D eigenvalue weighted by atomic mass is 10.3. The third kappa shape index (κ3) is 3.87. The summed E-state index contributed by atoms with van der Waals surface area (Å²) in [5.41, 5.74) is 5.24. The molecule has 0 aromatic rings. The predicted octanol–water partition coefficient (Wildman–Crippen LogP) is 0.292. The number of hydrogen-bond donors (Lipinski definition) is 1. The Kier molecular flexibility index (Phi) is 4.47. The summed E-state index contributed by atoms with van der Waals surface area (Å²) in [4.78, 5) is 0. The fraction of sp³-hybridized carbons (Fsp3) is 0.833. The quantitative estimate of drug-likeness (QED) is 0.678. The van der Waals surface area contributed by atoms with Gasteiger partial charge in [-0.05, 0) is 18.6 Å². The number of sulfonamides is 1. The summed E-state index contributed by atoms with van der Waals surface area (Å²) in [5, 5.41) is -0.0778. The molecule has 0 spiro atoms. The van der Waals surface area contributed by atoms with Crippen LogP contribution in [0, 0.1) is 0 Å². The third-order valence-electron chi connectivity index (χ3n) is 1.36. The van der Waals surface area contributed by atoms with Gasteiger partial charge < -0.3 is 5.73 Å². The van der Waals surface area contributed by atoms with E-state index in [9.17, 15) is 8.42 Å². The Labute approximate surface area is 78.8 Å². The van der Waals surface area contributed by atoms with E-state index in [1.54, 1.807) is 0 Å². The first-order valence-corrected chi connectivity index (χ1v) is 5.92. The molecule has 6 heteroatoms. The summed E-state index contributed by atoms with van der Waals surface area (Å²) in [5.74, 6) is 0. The van der Waals surface area contributed by atoms with Crippen molar-refractivity contribution in [3.05, 3.63) is 0 Å². The second-order valence-electron chi connectivity index (χ2n) is 2.53. The van der Waals surface area contributed by atoms with Crippen molar-refractivity contribution in [1.29, 1.82) is 0 Å². The molecule has 2 N–H and O–H groups in total. The summed E-state index contributed by atoms with van der Waals surface area (Å²) in [6.45, 7) is 2.35. The number of unbranched alkanes of at least 4 members (excludes halogenated alkanes) is 1. The van der Waals surface area contributed by atoms with Crippen LogP contribution in [0.15, 0.2) is 0 Å². The van der Waals surface area contributed by atoms with Gasteiger partial charge in [-0.3, -0.25) is 0 Å². The maximum atomic E-state index is 11.0. The predicted molar refractivity (Wildman–Crippen MR) is 53.2 cm³/mol. The first kappa shape index (κ1) is 11.6. The van der Waals surface area contributed by atoms with Crippen molar-refractivity contribution in [3.8, 4) is 0 Å². The van der Waals surface area contributed by atoms with E-state index >= 15 is 0 Å². The maximum absolute atomic E-state index is 11.0. The number of nitrogens with two attached hydrogens (primary N) is 1. The number of hydrogen-bond acceptors (Lipinski definition) is 3. The molecule has 0 aromatic heterocycles. The van der Waals surface area contributed by atoms with Gasteiger partial charge in [0.2, 0.25) is 10.0 Å². The zero-order valence-electron chi connectivity index (χ0n) is 7.28. The highest BCUT2D eigenvalue weighted by Crippen LogP contribution is 2.00. The minimum absolute atomic E-state index is 0.0778. The van der Waals surface area contributed by atoms with E-state index in [0.29, 0.717) is 6.54 Å². The first-order chi connectivity index (χ1) is 5.39. The van der Waals surface area contributed by atoms with Crippen LogP contribution in [0.1, 0.15) is 19.8 Å². The average Bonchev–Trinajstić information content (AvgIpc) is 1.84. The van der Waals surface area contributed by atoms with Crippen LogP contribution >= 0.6 is 12.2 Å². The Morgan fingerprint density at radius 2 is 2.08 bits per heavy atom. The monoisotopic (exact) mass is 210 g/mol. The molecule has 0 bridgehead atoms. The van der Waals surface area contributed by atoms with Crippen LogP contribution < -0.4 is 5.73 Å². The highest BCUT2D eigenvalue weighted by Gasteiger charge is 2.16. The Hall–Kier alpha value is -0.360. The zero-order valence-corrected chi connectivity index (χ0v) is 8.91. The van der Waals surface area contributed by atoms with Gasteiger partial charge in [-0.1, -0.05) is 13.3 Å². The topological polar surface area (TPSA) is 63.4 Å². The lowest BCUT2D eigenvalue weighted by molar-refractivity contribution is 0.517. The van der Waals surface area contributed by atoms with E-state index in [0.717, 1.165) is 23.4 Å². The number of thiocarbonyl (C=S) groups is 1. The zero-order chi connectivity index (χ0) is 9.78. The van der Waals surface area contributed by atoms with Gasteiger partial charge in [-0.15, -0.1) is 0 Å². The van der Waals surface area contributed by atoms with Crippen LogP contribution in [0.25, 0.3) is 0 Å². The Morgan fingerprint density at radius 1 is 1.58 bits per heavy atom. The maximum Gasteiger partial charge on any atom is 0.233 e. The van der Waals surface area contributed by atoms with Gasteiger partial charge in [-0.2, -0.15) is 0 Å². The molecule has 0 heterocycles. The van der Waals surface area contributed by atoms with Gasteiger partial charge >= 0.3 is 0 Å². The van der Waals surface area contributed by atoms with Crippen LogP contribution in [0.5, 0.6) is 0 Å². The van der Waals surface area contributed by atoms with Crippen molar-refractivity contribution in [2.24, 2.45) is 5.73 Å². The average molecular weight is 210 g/mol. The Bertz CT molecular complexity index is 248. The van der Waals surface area contributed by atoms with Gasteiger partial charge in [0, 0.05) is 6.54 Å². The molecule has 0 saturated heterocycles. The molecule has 0 aliphatic heterocycles. The standard InChI is InChI=1S/C6H14N2O2S2/c1-3-4-5-8(6(7)11)12(2,9)10/h3-5H2,1-2H3,(H2,7,11). The van der Waals surface area contributed by atoms with E-state index in [-0.39, 0.29) is 5.11 Å². The molecule has 72 valence electrons. The van der Waals surface area contributed by atoms with Crippen molar-refractivity contribution < 1.29 is 8.42 Å². The minimum Gasteiger partial charge on any atom is -0.375 e. The highest BCUT2D eigenvalue weighted by atomic mass is 32.2. The molecular weight excluding hydrogens is 196 g/mol. The van der Waals surface area contributed by atoms with Crippen molar-refractivity contribution in [1.82, 2.24) is 4.31 Å². The van der Waals surface area contributed by atoms with Crippen molar-refractivity contribution in [2.45, 2.75) is 19.8 Å². The number of rotatable bonds is 4. The minimum atomic E-state index is -3.27. The van der Waals surface area contributed by atoms with Crippen molar-refractivity contribution in [3.63, 3.8) is 0 Å². The fourth-order valence-corrected chi connectivity index (χ4v) is 2.03. The van der Waals surface area contributed by atoms with Crippen LogP contribution in [0.3, 0.4) is 0 Å². The van der Waals surface area contributed by atoms with E-state index in [2.05, 4.69) is 12.2 Å². The molecule has 0 unspecified atom stereocenters. The molecule has 4 nitrogen and oxygen atoms in total. The molecule has 0 aliphatic carbocycles. The number of nitrogens with zero attached hydrogens (tertiary/aromatic N) is 1. The second kappa shape index (κ2) is 4.61. The summed E-state index contributed by atoms with van der Waals surface area (Å²) in [6, 6.07) is 0. The molecular formula is C6H14N2O2S2. The van der Waals surface area contributed by atoms with E-state index in [1.165, 1.54) is 0 Å². The molecule has 0 saturated carbocycles. The first-order valence-electron chi connectivity index (χ1n) is 3.66. The smallest absolute Gasteiger partial charge is 0.233 e. The molecule has 0 aromatic carbocycles. The molecule has 12 heavy (non-hydrogen) atoms. The largest absolute Gasteiger partial charge is 0.375 e. The van der Waals surface area contributed by atoms with E-state index in [4.69, 9.17) is 5.73 Å². The van der Waals surface area contributed by atoms with Crippen LogP contribution in [-0.4, -0.2) is 30.6 Å². The third-order valence-corrected chi connectivity index (χ3v) is 2.88. The summed E-state index contributed by atoms with van der Waals surface area (Å²) >= 11 is 4.60. The van der Waals surface area contributed by atoms with Crippen molar-refractivity contribution >= 4 is 27.4 Å². The lowest BCUT2D eigenvalue weighted by Gasteiger charge is -2.19. The van der Waals surface area contributed by atoms with Gasteiger partial charge in [0.05, 0.1) is 6.26 Å². The summed E-state index contributed by atoms with van der Waals surface area (Å²) in [6.07, 6.45) is 2.78. The second-order valence-corrected chi connectivity index (χ2v) is 4.85. The van der Waals surface area contributed by atoms with Gasteiger partial charge in [0.15, 0.2) is 5.11 Å². The normalized spacial score (nSPS) is 11.2.